The van der Waals surface area contributed by atoms with Gasteiger partial charge in [-0.1, -0.05) is 18.2 Å². The van der Waals surface area contributed by atoms with E-state index in [1.807, 2.05) is 18.2 Å². The van der Waals surface area contributed by atoms with E-state index in [0.29, 0.717) is 0 Å². The minimum absolute atomic E-state index is 0. The Morgan fingerprint density at radius 1 is 1.06 bits per heavy atom. The number of benzene rings is 1. The number of nitrogens with zero attached hydrogens (tertiary/aromatic N) is 2. The van der Waals surface area contributed by atoms with Gasteiger partial charge in [0.15, 0.2) is 0 Å². The fourth-order valence-electron chi connectivity index (χ4n) is 1.20. The summed E-state index contributed by atoms with van der Waals surface area (Å²) in [6.45, 7) is 0. The van der Waals surface area contributed by atoms with Gasteiger partial charge >= 0.3 is 0 Å². The van der Waals surface area contributed by atoms with Gasteiger partial charge in [0.2, 0.25) is 0 Å². The van der Waals surface area contributed by atoms with Crippen LogP contribution in [-0.4, -0.2) is 15.1 Å². The maximum atomic E-state index is 9.50. The minimum atomic E-state index is 0. The Kier molecular flexibility index (Phi) is 4.48. The summed E-state index contributed by atoms with van der Waals surface area (Å²) in [5.74, 6) is 0.262. The normalized spacial score (nSPS) is 10.0. The highest BCUT2D eigenvalue weighted by Gasteiger charge is 1.93. The van der Waals surface area contributed by atoms with Crippen LogP contribution in [0.2, 0.25) is 0 Å². The van der Waals surface area contributed by atoms with Crippen LogP contribution in [0.15, 0.2) is 42.9 Å². The molecule has 2 rings (SSSR count). The Hall–Kier alpha value is -1.87. The van der Waals surface area contributed by atoms with E-state index in [1.165, 1.54) is 0 Å². The van der Waals surface area contributed by atoms with Crippen LogP contribution in [0.25, 0.3) is 12.2 Å². The molecule has 0 atom stereocenters. The first kappa shape index (κ1) is 12.2. The summed E-state index contributed by atoms with van der Waals surface area (Å²) >= 11 is 0. The molecule has 4 heteroatoms. The molecule has 3 nitrogen and oxygen atoms in total. The summed E-state index contributed by atoms with van der Waals surface area (Å²) in [5, 5.41) is 9.50. The van der Waals surface area contributed by atoms with Crippen LogP contribution in [0.3, 0.4) is 0 Å². The van der Waals surface area contributed by atoms with E-state index in [0.717, 1.165) is 11.3 Å². The van der Waals surface area contributed by atoms with E-state index >= 15 is 0 Å². The summed E-state index contributed by atoms with van der Waals surface area (Å²) in [5.41, 5.74) is 1.53. The van der Waals surface area contributed by atoms with E-state index in [-0.39, 0.29) is 18.2 Å². The van der Waals surface area contributed by atoms with Crippen LogP contribution in [-0.2, 0) is 0 Å². The van der Waals surface area contributed by atoms with Crippen molar-refractivity contribution in [2.75, 3.05) is 0 Å². The Morgan fingerprint density at radius 3 is 2.56 bits per heavy atom. The second kappa shape index (κ2) is 5.88. The quantitative estimate of drug-likeness (QED) is 0.869. The van der Waals surface area contributed by atoms with Gasteiger partial charge < -0.3 is 5.11 Å². The number of aromatic hydroxyl groups is 1. The van der Waals surface area contributed by atoms with Crippen molar-refractivity contribution < 1.29 is 5.11 Å². The summed E-state index contributed by atoms with van der Waals surface area (Å²) in [4.78, 5) is 8.04. The molecular weight excluding hydrogens is 224 g/mol. The second-order valence-electron chi connectivity index (χ2n) is 3.02. The third-order valence-electron chi connectivity index (χ3n) is 1.95. The highest BCUT2D eigenvalue weighted by atomic mass is 35.5. The van der Waals surface area contributed by atoms with Crippen LogP contribution >= 0.6 is 12.4 Å². The van der Waals surface area contributed by atoms with Crippen molar-refractivity contribution in [3.8, 4) is 5.75 Å². The number of halogens is 1. The van der Waals surface area contributed by atoms with Crippen molar-refractivity contribution in [3.63, 3.8) is 0 Å². The lowest BCUT2D eigenvalue weighted by molar-refractivity contribution is 0.474. The fourth-order valence-corrected chi connectivity index (χ4v) is 1.20. The molecule has 82 valence electrons. The van der Waals surface area contributed by atoms with Gasteiger partial charge in [-0.3, -0.25) is 9.97 Å². The average molecular weight is 235 g/mol. The Bertz CT molecular complexity index is 471. The number of rotatable bonds is 2. The van der Waals surface area contributed by atoms with E-state index < -0.39 is 0 Å². The lowest BCUT2D eigenvalue weighted by atomic mass is 10.2. The average Bonchev–Trinajstić information content (AvgIpc) is 2.29. The smallest absolute Gasteiger partial charge is 0.122 e. The number of aromatic nitrogens is 2. The Labute approximate surface area is 99.9 Å². The van der Waals surface area contributed by atoms with Crippen LogP contribution in [0, 0.1) is 0 Å². The maximum absolute atomic E-state index is 9.50. The molecule has 0 radical (unpaired) electrons. The molecule has 0 aliphatic carbocycles. The van der Waals surface area contributed by atoms with Crippen molar-refractivity contribution in [1.82, 2.24) is 9.97 Å². The molecule has 1 aromatic heterocycles. The first-order valence-corrected chi connectivity index (χ1v) is 4.58. The van der Waals surface area contributed by atoms with Crippen LogP contribution < -0.4 is 0 Å². The van der Waals surface area contributed by atoms with Gasteiger partial charge in [0.1, 0.15) is 5.75 Å². The summed E-state index contributed by atoms with van der Waals surface area (Å²) in [7, 11) is 0. The lowest BCUT2D eigenvalue weighted by Crippen LogP contribution is -1.80. The molecule has 0 unspecified atom stereocenters. The largest absolute Gasteiger partial charge is 0.507 e. The predicted molar refractivity (Wildman–Crippen MR) is 66.3 cm³/mol. The van der Waals surface area contributed by atoms with E-state index in [2.05, 4.69) is 9.97 Å². The maximum Gasteiger partial charge on any atom is 0.122 e. The van der Waals surface area contributed by atoms with E-state index in [9.17, 15) is 5.11 Å². The van der Waals surface area contributed by atoms with Gasteiger partial charge in [0, 0.05) is 18.0 Å². The molecule has 16 heavy (non-hydrogen) atoms. The molecule has 2 aromatic rings. The van der Waals surface area contributed by atoms with Gasteiger partial charge in [-0.25, -0.2) is 0 Å². The van der Waals surface area contributed by atoms with Crippen molar-refractivity contribution in [2.24, 2.45) is 0 Å². The standard InChI is InChI=1S/C12H10N2O.ClH/c15-12-4-2-1-3-10(12)5-6-11-9-13-7-8-14-11;/h1-9,15H;1H/b6-5+;. The van der Waals surface area contributed by atoms with Crippen molar-refractivity contribution in [3.05, 3.63) is 54.1 Å². The molecule has 0 bridgehead atoms. The predicted octanol–water partition coefficient (Wildman–Crippen LogP) is 2.77. The molecule has 0 fully saturated rings. The molecular formula is C12H11ClN2O. The van der Waals surface area contributed by atoms with E-state index in [1.54, 1.807) is 36.8 Å². The van der Waals surface area contributed by atoms with Gasteiger partial charge in [0.25, 0.3) is 0 Å². The lowest BCUT2D eigenvalue weighted by Gasteiger charge is -1.96. The first-order chi connectivity index (χ1) is 7.36. The molecule has 0 saturated heterocycles. The highest BCUT2D eigenvalue weighted by molar-refractivity contribution is 5.85. The molecule has 0 spiro atoms. The van der Waals surface area contributed by atoms with Crippen LogP contribution in [0.1, 0.15) is 11.3 Å². The van der Waals surface area contributed by atoms with Gasteiger partial charge in [-0.05, 0) is 18.2 Å². The highest BCUT2D eigenvalue weighted by Crippen LogP contribution is 2.17. The first-order valence-electron chi connectivity index (χ1n) is 4.58. The van der Waals surface area contributed by atoms with Gasteiger partial charge in [-0.15, -0.1) is 12.4 Å². The van der Waals surface area contributed by atoms with Crippen molar-refractivity contribution in [2.45, 2.75) is 0 Å². The minimum Gasteiger partial charge on any atom is -0.507 e. The molecule has 0 aliphatic rings. The zero-order valence-electron chi connectivity index (χ0n) is 8.45. The SMILES string of the molecule is Cl.Oc1ccccc1/C=C/c1cnccn1. The Balaban J connectivity index is 0.00000128. The molecule has 1 aromatic carbocycles. The van der Waals surface area contributed by atoms with Gasteiger partial charge in [0.05, 0.1) is 11.9 Å². The number of phenolic OH excluding ortho intramolecular Hbond substituents is 1. The summed E-state index contributed by atoms with van der Waals surface area (Å²) in [6.07, 6.45) is 8.53. The van der Waals surface area contributed by atoms with Crippen molar-refractivity contribution >= 4 is 24.6 Å². The third kappa shape index (κ3) is 3.07. The molecule has 1 N–H and O–H groups in total. The summed E-state index contributed by atoms with van der Waals surface area (Å²) in [6, 6.07) is 7.14. The van der Waals surface area contributed by atoms with Crippen molar-refractivity contribution in [1.29, 1.82) is 0 Å². The topological polar surface area (TPSA) is 46.0 Å². The number of para-hydroxylation sites is 1. The van der Waals surface area contributed by atoms with Crippen LogP contribution in [0.5, 0.6) is 5.75 Å². The Morgan fingerprint density at radius 2 is 1.88 bits per heavy atom. The number of hydrogen-bond acceptors (Lipinski definition) is 3. The molecule has 1 heterocycles. The monoisotopic (exact) mass is 234 g/mol. The number of hydrogen-bond donors (Lipinski definition) is 1. The molecule has 0 amide bonds. The van der Waals surface area contributed by atoms with Gasteiger partial charge in [-0.2, -0.15) is 0 Å². The third-order valence-corrected chi connectivity index (χ3v) is 1.95. The number of phenols is 1. The second-order valence-corrected chi connectivity index (χ2v) is 3.02. The zero-order chi connectivity index (χ0) is 10.5. The summed E-state index contributed by atoms with van der Waals surface area (Å²) < 4.78 is 0. The zero-order valence-corrected chi connectivity index (χ0v) is 9.26. The molecule has 0 saturated carbocycles. The van der Waals surface area contributed by atoms with Crippen LogP contribution in [0.4, 0.5) is 0 Å². The van der Waals surface area contributed by atoms with E-state index in [4.69, 9.17) is 0 Å². The fraction of sp³-hybridized carbons (Fsp3) is 0. The molecule has 0 aliphatic heterocycles.